The second-order valence-corrected chi connectivity index (χ2v) is 10.4. The molecule has 3 heterocycles. The van der Waals surface area contributed by atoms with Crippen molar-refractivity contribution in [2.24, 2.45) is 29.1 Å². The molecule has 0 bridgehead atoms. The molecule has 0 unspecified atom stereocenters. The van der Waals surface area contributed by atoms with Gasteiger partial charge >= 0.3 is 11.9 Å². The van der Waals surface area contributed by atoms with Crippen LogP contribution in [-0.4, -0.2) is 60.9 Å². The van der Waals surface area contributed by atoms with Gasteiger partial charge < -0.3 is 19.1 Å². The van der Waals surface area contributed by atoms with E-state index < -0.39 is 0 Å². The number of fused-ring (bicyclic) bond motifs is 2. The number of piperidine rings is 1. The maximum Gasteiger partial charge on any atom is 0.311 e. The average Bonchev–Trinajstić information content (AvgIpc) is 3.37. The van der Waals surface area contributed by atoms with Crippen molar-refractivity contribution in [2.75, 3.05) is 26.2 Å². The third-order valence-electron chi connectivity index (χ3n) is 8.77. The van der Waals surface area contributed by atoms with E-state index in [4.69, 9.17) is 14.2 Å². The molecule has 2 saturated carbocycles. The van der Waals surface area contributed by atoms with E-state index in [-0.39, 0.29) is 52.9 Å². The normalized spacial score (nSPS) is 48.9. The summed E-state index contributed by atoms with van der Waals surface area (Å²) in [6.07, 6.45) is 6.57. The van der Waals surface area contributed by atoms with Crippen molar-refractivity contribution in [1.82, 2.24) is 4.90 Å². The van der Waals surface area contributed by atoms with Gasteiger partial charge in [-0.3, -0.25) is 9.59 Å². The number of ether oxygens (including phenoxy) is 3. The maximum atomic E-state index is 12.9. The Bertz CT molecular complexity index is 697. The fourth-order valence-electron chi connectivity index (χ4n) is 7.39. The van der Waals surface area contributed by atoms with Gasteiger partial charge in [0.05, 0.1) is 24.5 Å². The molecule has 2 aliphatic carbocycles. The summed E-state index contributed by atoms with van der Waals surface area (Å²) < 4.78 is 17.7. The van der Waals surface area contributed by atoms with Crippen molar-refractivity contribution >= 4 is 11.9 Å². The molecule has 0 N–H and O–H groups in total. The van der Waals surface area contributed by atoms with Crippen molar-refractivity contribution < 1.29 is 23.8 Å². The van der Waals surface area contributed by atoms with Crippen molar-refractivity contribution in [1.29, 1.82) is 0 Å². The molecule has 0 aromatic rings. The van der Waals surface area contributed by atoms with E-state index in [9.17, 15) is 9.59 Å². The Balaban J connectivity index is 1.31. The SMILES string of the molecule is CCOC(=O)[C@H]1CCCN(C[C@H]2C(=O)O[C@@H]3C[C@@]4(C)CCC[C@H](C)[C@]45O[C@@H]5[C@@H]32)C1. The Morgan fingerprint density at radius 3 is 2.93 bits per heavy atom. The number of carbonyl (C=O) groups is 2. The maximum absolute atomic E-state index is 12.9. The Morgan fingerprint density at radius 1 is 1.31 bits per heavy atom. The number of hydrogen-bond acceptors (Lipinski definition) is 6. The summed E-state index contributed by atoms with van der Waals surface area (Å²) in [6.45, 7) is 9.25. The average molecular weight is 406 g/mol. The van der Waals surface area contributed by atoms with Crippen LogP contribution >= 0.6 is 0 Å². The predicted molar refractivity (Wildman–Crippen MR) is 106 cm³/mol. The van der Waals surface area contributed by atoms with E-state index in [2.05, 4.69) is 18.7 Å². The van der Waals surface area contributed by atoms with Crippen LogP contribution in [-0.2, 0) is 23.8 Å². The molecule has 5 rings (SSSR count). The first-order chi connectivity index (χ1) is 13.9. The third-order valence-corrected chi connectivity index (χ3v) is 8.77. The lowest BCUT2D eigenvalue weighted by Crippen LogP contribution is -2.55. The largest absolute Gasteiger partial charge is 0.466 e. The van der Waals surface area contributed by atoms with Crippen LogP contribution in [0.3, 0.4) is 0 Å². The van der Waals surface area contributed by atoms with Crippen LogP contribution in [0.15, 0.2) is 0 Å². The molecule has 3 aliphatic heterocycles. The van der Waals surface area contributed by atoms with E-state index >= 15 is 0 Å². The number of rotatable bonds is 4. The van der Waals surface area contributed by atoms with Gasteiger partial charge in [-0.1, -0.05) is 20.3 Å². The molecule has 5 aliphatic rings. The van der Waals surface area contributed by atoms with Gasteiger partial charge in [-0.2, -0.15) is 0 Å². The van der Waals surface area contributed by atoms with Crippen LogP contribution in [0.25, 0.3) is 0 Å². The molecule has 3 saturated heterocycles. The zero-order valence-corrected chi connectivity index (χ0v) is 18.0. The number of epoxide rings is 1. The van der Waals surface area contributed by atoms with E-state index in [0.717, 1.165) is 25.8 Å². The van der Waals surface area contributed by atoms with Gasteiger partial charge in [0, 0.05) is 24.4 Å². The molecule has 6 heteroatoms. The summed E-state index contributed by atoms with van der Waals surface area (Å²) in [5.74, 6) is 0.347. The number of nitrogens with zero attached hydrogens (tertiary/aromatic N) is 1. The van der Waals surface area contributed by atoms with Gasteiger partial charge in [0.15, 0.2) is 0 Å². The summed E-state index contributed by atoms with van der Waals surface area (Å²) >= 11 is 0. The van der Waals surface area contributed by atoms with Gasteiger partial charge in [-0.25, -0.2) is 0 Å². The number of likely N-dealkylation sites (tertiary alicyclic amines) is 1. The molecule has 6 nitrogen and oxygen atoms in total. The number of hydrogen-bond donors (Lipinski definition) is 0. The Morgan fingerprint density at radius 2 is 2.14 bits per heavy atom. The van der Waals surface area contributed by atoms with Crippen molar-refractivity contribution in [2.45, 2.75) is 77.1 Å². The summed E-state index contributed by atoms with van der Waals surface area (Å²) in [7, 11) is 0. The van der Waals surface area contributed by atoms with E-state index in [1.807, 2.05) is 6.92 Å². The summed E-state index contributed by atoms with van der Waals surface area (Å²) in [5.41, 5.74) is 0.0831. The standard InChI is InChI=1S/C23H35NO5/c1-4-27-20(25)15-8-6-10-24(12-15)13-16-18-17(28-21(16)26)11-22(3)9-5-7-14(2)23(22)19(18)29-23/h14-19H,4-13H2,1-3H3/t14-,15-,16+,17+,18+,19+,22+,23+/m0/s1. The smallest absolute Gasteiger partial charge is 0.311 e. The zero-order valence-electron chi connectivity index (χ0n) is 18.0. The lowest BCUT2D eigenvalue weighted by molar-refractivity contribution is -0.150. The first kappa shape index (κ1) is 19.8. The molecule has 29 heavy (non-hydrogen) atoms. The fraction of sp³-hybridized carbons (Fsp3) is 0.913. The van der Waals surface area contributed by atoms with E-state index in [1.165, 1.54) is 19.3 Å². The molecular weight excluding hydrogens is 370 g/mol. The number of carbonyl (C=O) groups excluding carboxylic acids is 2. The van der Waals surface area contributed by atoms with Crippen LogP contribution < -0.4 is 0 Å². The lowest BCUT2D eigenvalue weighted by atomic mass is 9.53. The highest BCUT2D eigenvalue weighted by molar-refractivity contribution is 5.76. The van der Waals surface area contributed by atoms with Gasteiger partial charge in [0.25, 0.3) is 0 Å². The predicted octanol–water partition coefficient (Wildman–Crippen LogP) is 2.79. The minimum atomic E-state index is -0.135. The van der Waals surface area contributed by atoms with Gasteiger partial charge in [0.1, 0.15) is 11.7 Å². The third kappa shape index (κ3) is 2.88. The summed E-state index contributed by atoms with van der Waals surface area (Å²) in [4.78, 5) is 27.4. The molecule has 0 aromatic carbocycles. The molecule has 0 aromatic heterocycles. The Labute approximate surface area is 173 Å². The van der Waals surface area contributed by atoms with Crippen LogP contribution in [0, 0.1) is 29.1 Å². The zero-order chi connectivity index (χ0) is 20.4. The van der Waals surface area contributed by atoms with Crippen LogP contribution in [0.4, 0.5) is 0 Å². The highest BCUT2D eigenvalue weighted by Gasteiger charge is 2.78. The van der Waals surface area contributed by atoms with Gasteiger partial charge in [-0.15, -0.1) is 0 Å². The van der Waals surface area contributed by atoms with Gasteiger partial charge in [-0.05, 0) is 51.5 Å². The van der Waals surface area contributed by atoms with Crippen molar-refractivity contribution in [3.05, 3.63) is 0 Å². The fourth-order valence-corrected chi connectivity index (χ4v) is 7.39. The van der Waals surface area contributed by atoms with Gasteiger partial charge in [0.2, 0.25) is 0 Å². The van der Waals surface area contributed by atoms with E-state index in [0.29, 0.717) is 25.6 Å². The lowest BCUT2D eigenvalue weighted by Gasteiger charge is -2.49. The second-order valence-electron chi connectivity index (χ2n) is 10.4. The number of esters is 2. The Kier molecular flexibility index (Phi) is 4.74. The first-order valence-electron chi connectivity index (χ1n) is 11.7. The van der Waals surface area contributed by atoms with Crippen molar-refractivity contribution in [3.8, 4) is 0 Å². The van der Waals surface area contributed by atoms with Crippen molar-refractivity contribution in [3.63, 3.8) is 0 Å². The molecule has 0 radical (unpaired) electrons. The summed E-state index contributed by atoms with van der Waals surface area (Å²) in [5, 5.41) is 0. The molecular formula is C23H35NO5. The first-order valence-corrected chi connectivity index (χ1v) is 11.7. The molecule has 8 atom stereocenters. The van der Waals surface area contributed by atoms with Crippen LogP contribution in [0.2, 0.25) is 0 Å². The van der Waals surface area contributed by atoms with E-state index in [1.54, 1.807) is 0 Å². The minimum absolute atomic E-state index is 0.00549. The quantitative estimate of drug-likeness (QED) is 0.529. The highest BCUT2D eigenvalue weighted by atomic mass is 16.6. The Hall–Kier alpha value is -1.14. The van der Waals surface area contributed by atoms with Crippen LogP contribution in [0.5, 0.6) is 0 Å². The minimum Gasteiger partial charge on any atom is -0.466 e. The molecule has 0 amide bonds. The summed E-state index contributed by atoms with van der Waals surface area (Å²) in [6, 6.07) is 0. The highest BCUT2D eigenvalue weighted by Crippen LogP contribution is 2.70. The monoisotopic (exact) mass is 405 g/mol. The van der Waals surface area contributed by atoms with Crippen LogP contribution in [0.1, 0.15) is 59.3 Å². The topological polar surface area (TPSA) is 68.4 Å². The second kappa shape index (κ2) is 6.94. The molecule has 1 spiro atoms. The molecule has 5 fully saturated rings. The molecule has 162 valence electrons.